The van der Waals surface area contributed by atoms with Crippen LogP contribution in [-0.2, 0) is 16.0 Å². The van der Waals surface area contributed by atoms with E-state index in [-0.39, 0.29) is 36.6 Å². The molecule has 0 radical (unpaired) electrons. The minimum absolute atomic E-state index is 0.0250. The van der Waals surface area contributed by atoms with Crippen LogP contribution in [0.2, 0.25) is 0 Å². The predicted molar refractivity (Wildman–Crippen MR) is 128 cm³/mol. The summed E-state index contributed by atoms with van der Waals surface area (Å²) in [5, 5.41) is 3.01. The molecular weight excluding hydrogens is 417 g/mol. The standard InChI is InChI=1S/C27H26FN3O2/c1-19(11-12-20-7-3-2-4-8-20)29-26(32)18-31-25-10-6-5-9-23(25)30-24(17-27(31)33)21-13-15-22(28)16-14-21/h2-10,13-16,19H,11-12,17-18H2,1H3,(H,29,32)/t19-/m1/s1. The van der Waals surface area contributed by atoms with E-state index in [2.05, 4.69) is 22.4 Å². The smallest absolute Gasteiger partial charge is 0.240 e. The number of aryl methyl sites for hydroxylation is 1. The van der Waals surface area contributed by atoms with Crippen molar-refractivity contribution < 1.29 is 14.0 Å². The first kappa shape index (κ1) is 22.4. The Morgan fingerprint density at radius 3 is 2.48 bits per heavy atom. The molecule has 5 nitrogen and oxygen atoms in total. The zero-order valence-electron chi connectivity index (χ0n) is 18.5. The molecule has 0 bridgehead atoms. The number of hydrogen-bond acceptors (Lipinski definition) is 3. The van der Waals surface area contributed by atoms with Crippen LogP contribution in [0.5, 0.6) is 0 Å². The van der Waals surface area contributed by atoms with Gasteiger partial charge >= 0.3 is 0 Å². The Balaban J connectivity index is 1.45. The van der Waals surface area contributed by atoms with E-state index >= 15 is 0 Å². The minimum atomic E-state index is -0.348. The van der Waals surface area contributed by atoms with E-state index in [0.717, 1.165) is 12.8 Å². The predicted octanol–water partition coefficient (Wildman–Crippen LogP) is 4.82. The summed E-state index contributed by atoms with van der Waals surface area (Å²) in [5.41, 5.74) is 3.65. The number of rotatable bonds is 7. The molecule has 1 heterocycles. The van der Waals surface area contributed by atoms with Crippen LogP contribution in [0.4, 0.5) is 15.8 Å². The molecule has 0 aliphatic carbocycles. The maximum absolute atomic E-state index is 13.4. The lowest BCUT2D eigenvalue weighted by atomic mass is 10.1. The van der Waals surface area contributed by atoms with Gasteiger partial charge in [0, 0.05) is 6.04 Å². The van der Waals surface area contributed by atoms with Gasteiger partial charge in [0.25, 0.3) is 0 Å². The van der Waals surface area contributed by atoms with Crippen molar-refractivity contribution in [1.29, 1.82) is 0 Å². The van der Waals surface area contributed by atoms with Crippen molar-refractivity contribution in [3.63, 3.8) is 0 Å². The molecule has 2 amide bonds. The molecule has 3 aromatic rings. The van der Waals surface area contributed by atoms with Crippen LogP contribution in [0.1, 0.15) is 30.9 Å². The Morgan fingerprint density at radius 2 is 1.73 bits per heavy atom. The Hall–Kier alpha value is -3.80. The van der Waals surface area contributed by atoms with Crippen molar-refractivity contribution >= 4 is 28.9 Å². The summed E-state index contributed by atoms with van der Waals surface area (Å²) in [6.07, 6.45) is 1.69. The number of fused-ring (bicyclic) bond motifs is 1. The van der Waals surface area contributed by atoms with Crippen LogP contribution in [0.25, 0.3) is 0 Å². The van der Waals surface area contributed by atoms with Gasteiger partial charge in [-0.1, -0.05) is 54.6 Å². The topological polar surface area (TPSA) is 61.8 Å². The molecular formula is C27H26FN3O2. The van der Waals surface area contributed by atoms with Gasteiger partial charge in [-0.15, -0.1) is 0 Å². The van der Waals surface area contributed by atoms with Gasteiger partial charge in [-0.2, -0.15) is 0 Å². The van der Waals surface area contributed by atoms with Gasteiger partial charge in [-0.3, -0.25) is 14.6 Å². The second-order valence-electron chi connectivity index (χ2n) is 8.20. The highest BCUT2D eigenvalue weighted by molar-refractivity contribution is 6.18. The molecule has 0 spiro atoms. The fourth-order valence-electron chi connectivity index (χ4n) is 3.89. The van der Waals surface area contributed by atoms with Crippen molar-refractivity contribution in [2.24, 2.45) is 4.99 Å². The van der Waals surface area contributed by atoms with Crippen molar-refractivity contribution in [2.75, 3.05) is 11.4 Å². The summed E-state index contributed by atoms with van der Waals surface area (Å²) in [7, 11) is 0. The van der Waals surface area contributed by atoms with Crippen LogP contribution in [0.15, 0.2) is 83.9 Å². The molecule has 4 rings (SSSR count). The van der Waals surface area contributed by atoms with Crippen LogP contribution in [-0.4, -0.2) is 30.1 Å². The van der Waals surface area contributed by atoms with E-state index in [1.54, 1.807) is 18.2 Å². The molecule has 0 saturated heterocycles. The molecule has 1 aliphatic rings. The normalized spacial score (nSPS) is 14.2. The summed E-state index contributed by atoms with van der Waals surface area (Å²) in [4.78, 5) is 32.1. The highest BCUT2D eigenvalue weighted by atomic mass is 19.1. The molecule has 0 fully saturated rings. The number of para-hydroxylation sites is 2. The van der Waals surface area contributed by atoms with Gasteiger partial charge in [0.15, 0.2) is 0 Å². The van der Waals surface area contributed by atoms with E-state index in [0.29, 0.717) is 22.6 Å². The molecule has 33 heavy (non-hydrogen) atoms. The number of anilines is 1. The van der Waals surface area contributed by atoms with E-state index in [1.165, 1.54) is 22.6 Å². The van der Waals surface area contributed by atoms with Gasteiger partial charge < -0.3 is 10.2 Å². The van der Waals surface area contributed by atoms with Crippen LogP contribution < -0.4 is 10.2 Å². The van der Waals surface area contributed by atoms with Gasteiger partial charge in [0.05, 0.1) is 23.5 Å². The summed E-state index contributed by atoms with van der Waals surface area (Å²) < 4.78 is 13.4. The summed E-state index contributed by atoms with van der Waals surface area (Å²) in [6, 6.07) is 23.3. The quantitative estimate of drug-likeness (QED) is 0.569. The van der Waals surface area contributed by atoms with E-state index in [9.17, 15) is 14.0 Å². The van der Waals surface area contributed by atoms with E-state index in [4.69, 9.17) is 0 Å². The number of carbonyl (C=O) groups excluding carboxylic acids is 2. The second-order valence-corrected chi connectivity index (χ2v) is 8.20. The van der Waals surface area contributed by atoms with E-state index in [1.807, 2.05) is 43.3 Å². The van der Waals surface area contributed by atoms with Crippen molar-refractivity contribution in [3.8, 4) is 0 Å². The molecule has 168 valence electrons. The number of hydrogen-bond donors (Lipinski definition) is 1. The third-order valence-corrected chi connectivity index (χ3v) is 5.64. The molecule has 1 N–H and O–H groups in total. The molecule has 0 unspecified atom stereocenters. The molecule has 3 aromatic carbocycles. The first-order chi connectivity index (χ1) is 16.0. The zero-order valence-corrected chi connectivity index (χ0v) is 18.5. The lowest BCUT2D eigenvalue weighted by Crippen LogP contribution is -2.43. The monoisotopic (exact) mass is 443 g/mol. The number of benzene rings is 3. The van der Waals surface area contributed by atoms with Crippen LogP contribution in [0, 0.1) is 5.82 Å². The molecule has 0 aromatic heterocycles. The lowest BCUT2D eigenvalue weighted by molar-refractivity contribution is -0.123. The Bertz CT molecular complexity index is 1160. The van der Waals surface area contributed by atoms with Gasteiger partial charge in [0.2, 0.25) is 11.8 Å². The average molecular weight is 444 g/mol. The number of carbonyl (C=O) groups is 2. The van der Waals surface area contributed by atoms with Gasteiger partial charge in [-0.05, 0) is 55.2 Å². The third-order valence-electron chi connectivity index (χ3n) is 5.64. The fourth-order valence-corrected chi connectivity index (χ4v) is 3.89. The van der Waals surface area contributed by atoms with Crippen molar-refractivity contribution in [2.45, 2.75) is 32.2 Å². The van der Waals surface area contributed by atoms with Gasteiger partial charge in [-0.25, -0.2) is 4.39 Å². The highest BCUT2D eigenvalue weighted by Crippen LogP contribution is 2.32. The Morgan fingerprint density at radius 1 is 1.03 bits per heavy atom. The number of nitrogens with zero attached hydrogens (tertiary/aromatic N) is 2. The largest absolute Gasteiger partial charge is 0.352 e. The zero-order chi connectivity index (χ0) is 23.2. The average Bonchev–Trinajstić information content (AvgIpc) is 2.95. The van der Waals surface area contributed by atoms with Gasteiger partial charge in [0.1, 0.15) is 12.4 Å². The lowest BCUT2D eigenvalue weighted by Gasteiger charge is -2.23. The minimum Gasteiger partial charge on any atom is -0.352 e. The van der Waals surface area contributed by atoms with Crippen molar-refractivity contribution in [3.05, 3.63) is 95.8 Å². The summed E-state index contributed by atoms with van der Waals surface area (Å²) in [6.45, 7) is 1.88. The molecule has 1 aliphatic heterocycles. The second kappa shape index (κ2) is 10.2. The Kier molecular flexibility index (Phi) is 6.93. The van der Waals surface area contributed by atoms with Crippen molar-refractivity contribution in [1.82, 2.24) is 5.32 Å². The summed E-state index contributed by atoms with van der Waals surface area (Å²) in [5.74, 6) is -0.793. The molecule has 6 heteroatoms. The first-order valence-corrected chi connectivity index (χ1v) is 11.1. The SMILES string of the molecule is C[C@H](CCc1ccccc1)NC(=O)CN1C(=O)CC(c2ccc(F)cc2)=Nc2ccccc21. The molecule has 1 atom stereocenters. The maximum atomic E-state index is 13.4. The Labute approximate surface area is 193 Å². The number of aliphatic imine (C=N–C) groups is 1. The van der Waals surface area contributed by atoms with Crippen LogP contribution in [0.3, 0.4) is 0 Å². The number of halogens is 1. The van der Waals surface area contributed by atoms with Crippen LogP contribution >= 0.6 is 0 Å². The maximum Gasteiger partial charge on any atom is 0.240 e. The van der Waals surface area contributed by atoms with E-state index < -0.39 is 0 Å². The number of amides is 2. The number of nitrogens with one attached hydrogen (secondary N) is 1. The third kappa shape index (κ3) is 5.71. The molecule has 0 saturated carbocycles. The first-order valence-electron chi connectivity index (χ1n) is 11.1. The highest BCUT2D eigenvalue weighted by Gasteiger charge is 2.27. The fraction of sp³-hybridized carbons (Fsp3) is 0.222. The summed E-state index contributed by atoms with van der Waals surface area (Å²) >= 11 is 0.